The molecule has 0 aliphatic carbocycles. The molecule has 1 N–H and O–H groups in total. The molecule has 108 valence electrons. The predicted octanol–water partition coefficient (Wildman–Crippen LogP) is 5.01. The summed E-state index contributed by atoms with van der Waals surface area (Å²) in [5.74, 6) is 0.464. The van der Waals surface area contributed by atoms with Crippen molar-refractivity contribution < 1.29 is 0 Å². The van der Waals surface area contributed by atoms with Crippen molar-refractivity contribution in [3.63, 3.8) is 0 Å². The standard InChI is InChI=1S/C19H27N/c1-6-11-15(3)16(4)19(12-7-2)20-17(5)18-13-9-8-10-14-18/h9,13-14,16,19-20H,3,5-7,11-12H2,1-2,4H3. The van der Waals surface area contributed by atoms with Crippen LogP contribution in [0.1, 0.15) is 52.0 Å². The van der Waals surface area contributed by atoms with E-state index in [1.165, 1.54) is 5.57 Å². The number of rotatable bonds is 9. The summed E-state index contributed by atoms with van der Waals surface area (Å²) in [4.78, 5) is 0. The van der Waals surface area contributed by atoms with Gasteiger partial charge in [0.2, 0.25) is 0 Å². The molecule has 0 saturated carbocycles. The van der Waals surface area contributed by atoms with Crippen LogP contribution in [0.3, 0.4) is 0 Å². The molecule has 2 unspecified atom stereocenters. The zero-order valence-corrected chi connectivity index (χ0v) is 13.1. The first-order valence-corrected chi connectivity index (χ1v) is 7.61. The summed E-state index contributed by atoms with van der Waals surface area (Å²) in [7, 11) is 0. The molecule has 0 aliphatic rings. The Morgan fingerprint density at radius 3 is 2.55 bits per heavy atom. The Labute approximate surface area is 124 Å². The van der Waals surface area contributed by atoms with E-state index in [1.807, 2.05) is 18.2 Å². The van der Waals surface area contributed by atoms with Crippen molar-refractivity contribution in [3.05, 3.63) is 54.6 Å². The van der Waals surface area contributed by atoms with E-state index in [1.54, 1.807) is 0 Å². The van der Waals surface area contributed by atoms with Gasteiger partial charge in [-0.05, 0) is 37.0 Å². The average Bonchev–Trinajstić information content (AvgIpc) is 2.47. The lowest BCUT2D eigenvalue weighted by Crippen LogP contribution is -2.34. The predicted molar refractivity (Wildman–Crippen MR) is 88.2 cm³/mol. The molecule has 0 heterocycles. The lowest BCUT2D eigenvalue weighted by Gasteiger charge is -2.28. The third-order valence-electron chi connectivity index (χ3n) is 3.78. The minimum Gasteiger partial charge on any atom is -0.382 e. The normalized spacial score (nSPS) is 13.2. The fourth-order valence-electron chi connectivity index (χ4n) is 2.43. The van der Waals surface area contributed by atoms with E-state index >= 15 is 0 Å². The molecule has 1 rings (SSSR count). The highest BCUT2D eigenvalue weighted by molar-refractivity contribution is 5.61. The van der Waals surface area contributed by atoms with Crippen LogP contribution in [0.4, 0.5) is 0 Å². The number of nitrogens with one attached hydrogen (secondary N) is 1. The molecule has 0 radical (unpaired) electrons. The van der Waals surface area contributed by atoms with Gasteiger partial charge in [-0.15, -0.1) is 0 Å². The molecule has 1 heteroatoms. The third-order valence-corrected chi connectivity index (χ3v) is 3.78. The topological polar surface area (TPSA) is 12.0 Å². The number of hydrogen-bond donors (Lipinski definition) is 1. The lowest BCUT2D eigenvalue weighted by atomic mass is 9.88. The van der Waals surface area contributed by atoms with Crippen LogP contribution < -0.4 is 5.32 Å². The van der Waals surface area contributed by atoms with Crippen molar-refractivity contribution in [2.24, 2.45) is 5.92 Å². The minimum absolute atomic E-state index is 0.399. The van der Waals surface area contributed by atoms with Crippen LogP contribution in [0.25, 0.3) is 5.70 Å². The average molecular weight is 269 g/mol. The first kappa shape index (κ1) is 16.4. The van der Waals surface area contributed by atoms with E-state index in [-0.39, 0.29) is 0 Å². The molecule has 0 amide bonds. The van der Waals surface area contributed by atoms with Crippen LogP contribution in [0.15, 0.2) is 36.9 Å². The van der Waals surface area contributed by atoms with E-state index in [2.05, 4.69) is 51.4 Å². The van der Waals surface area contributed by atoms with Gasteiger partial charge in [0.25, 0.3) is 0 Å². The molecule has 0 spiro atoms. The van der Waals surface area contributed by atoms with E-state index in [0.717, 1.165) is 36.9 Å². The third kappa shape index (κ3) is 4.78. The van der Waals surface area contributed by atoms with Gasteiger partial charge in [0.1, 0.15) is 0 Å². The monoisotopic (exact) mass is 269 g/mol. The van der Waals surface area contributed by atoms with Gasteiger partial charge in [0.05, 0.1) is 0 Å². The summed E-state index contributed by atoms with van der Waals surface area (Å²) in [6.07, 6.45) is 4.55. The molecule has 0 saturated heterocycles. The van der Waals surface area contributed by atoms with Gasteiger partial charge in [-0.3, -0.25) is 0 Å². The van der Waals surface area contributed by atoms with E-state index < -0.39 is 0 Å². The van der Waals surface area contributed by atoms with Crippen LogP contribution in [0.2, 0.25) is 0 Å². The van der Waals surface area contributed by atoms with Crippen LogP contribution in [-0.4, -0.2) is 6.04 Å². The molecule has 1 aromatic carbocycles. The van der Waals surface area contributed by atoms with Crippen molar-refractivity contribution in [1.82, 2.24) is 5.32 Å². The lowest BCUT2D eigenvalue weighted by molar-refractivity contribution is 0.426. The SMILES string of the molecule is C=C(NC(CCC)C(C)C(=C)CCC)c1cc#ccc1. The van der Waals surface area contributed by atoms with Crippen molar-refractivity contribution in [2.75, 3.05) is 0 Å². The largest absolute Gasteiger partial charge is 0.382 e. The van der Waals surface area contributed by atoms with Crippen LogP contribution in [-0.2, 0) is 0 Å². The molecule has 1 aromatic rings. The number of hydrogen-bond acceptors (Lipinski definition) is 1. The molecular formula is C19H27N. The van der Waals surface area contributed by atoms with Gasteiger partial charge in [-0.25, -0.2) is 0 Å². The Kier molecular flexibility index (Phi) is 6.94. The zero-order valence-electron chi connectivity index (χ0n) is 13.1. The Hall–Kier alpha value is -1.68. The van der Waals surface area contributed by atoms with Gasteiger partial charge in [0, 0.05) is 17.3 Å². The second kappa shape index (κ2) is 8.48. The van der Waals surface area contributed by atoms with Crippen LogP contribution in [0, 0.1) is 18.1 Å². The van der Waals surface area contributed by atoms with Gasteiger partial charge in [-0.1, -0.05) is 64.5 Å². The second-order valence-electron chi connectivity index (χ2n) is 5.44. The van der Waals surface area contributed by atoms with Crippen LogP contribution >= 0.6 is 0 Å². The van der Waals surface area contributed by atoms with Gasteiger partial charge in [-0.2, -0.15) is 0 Å². The van der Waals surface area contributed by atoms with Crippen molar-refractivity contribution in [1.29, 1.82) is 0 Å². The van der Waals surface area contributed by atoms with Crippen molar-refractivity contribution in [3.8, 4) is 0 Å². The molecule has 1 nitrogen and oxygen atoms in total. The summed E-state index contributed by atoms with van der Waals surface area (Å²) >= 11 is 0. The maximum atomic E-state index is 4.25. The van der Waals surface area contributed by atoms with E-state index in [9.17, 15) is 0 Å². The molecule has 20 heavy (non-hydrogen) atoms. The molecule has 0 aromatic heterocycles. The summed E-state index contributed by atoms with van der Waals surface area (Å²) in [5.41, 5.74) is 3.38. The van der Waals surface area contributed by atoms with Gasteiger partial charge in [0.15, 0.2) is 0 Å². The summed E-state index contributed by atoms with van der Waals surface area (Å²) in [5, 5.41) is 3.58. The van der Waals surface area contributed by atoms with Crippen molar-refractivity contribution in [2.45, 2.75) is 52.5 Å². The first-order chi connectivity index (χ1) is 9.60. The Morgan fingerprint density at radius 1 is 1.25 bits per heavy atom. The molecule has 0 fully saturated rings. The summed E-state index contributed by atoms with van der Waals surface area (Å²) < 4.78 is 0. The highest BCUT2D eigenvalue weighted by Crippen LogP contribution is 2.23. The van der Waals surface area contributed by atoms with Crippen molar-refractivity contribution >= 4 is 5.70 Å². The van der Waals surface area contributed by atoms with Gasteiger partial charge < -0.3 is 5.32 Å². The quantitative estimate of drug-likeness (QED) is 0.621. The molecular weight excluding hydrogens is 242 g/mol. The Balaban J connectivity index is 2.71. The van der Waals surface area contributed by atoms with Gasteiger partial charge >= 0.3 is 0 Å². The molecule has 0 bridgehead atoms. The molecule has 0 aliphatic heterocycles. The van der Waals surface area contributed by atoms with Crippen LogP contribution in [0.5, 0.6) is 0 Å². The fraction of sp³-hybridized carbons (Fsp3) is 0.474. The summed E-state index contributed by atoms with van der Waals surface area (Å²) in [6, 6.07) is 12.1. The Morgan fingerprint density at radius 2 is 2.00 bits per heavy atom. The maximum Gasteiger partial charge on any atom is 0.0349 e. The first-order valence-electron chi connectivity index (χ1n) is 7.61. The fourth-order valence-corrected chi connectivity index (χ4v) is 2.43. The Bertz CT molecular complexity index is 419. The van der Waals surface area contributed by atoms with E-state index in [4.69, 9.17) is 0 Å². The maximum absolute atomic E-state index is 4.25. The van der Waals surface area contributed by atoms with E-state index in [0.29, 0.717) is 12.0 Å². The molecule has 2 atom stereocenters. The second-order valence-corrected chi connectivity index (χ2v) is 5.44. The smallest absolute Gasteiger partial charge is 0.0349 e. The zero-order chi connectivity index (χ0) is 15.0. The minimum atomic E-state index is 0.399. The summed E-state index contributed by atoms with van der Waals surface area (Å²) in [6.45, 7) is 15.1. The highest BCUT2D eigenvalue weighted by atomic mass is 14.9. The highest BCUT2D eigenvalue weighted by Gasteiger charge is 2.19.